The van der Waals surface area contributed by atoms with Gasteiger partial charge in [-0.3, -0.25) is 14.9 Å². The summed E-state index contributed by atoms with van der Waals surface area (Å²) in [6, 6.07) is 20.5. The van der Waals surface area contributed by atoms with E-state index in [0.29, 0.717) is 27.0 Å². The quantitative estimate of drug-likeness (QED) is 0.195. The first-order valence-electron chi connectivity index (χ1n) is 9.51. The Labute approximate surface area is 193 Å². The summed E-state index contributed by atoms with van der Waals surface area (Å²) < 4.78 is 6.36. The van der Waals surface area contributed by atoms with E-state index in [0.717, 1.165) is 5.56 Å². The van der Waals surface area contributed by atoms with Crippen LogP contribution in [-0.2, 0) is 11.4 Å². The van der Waals surface area contributed by atoms with E-state index in [-0.39, 0.29) is 17.9 Å². The highest BCUT2D eigenvalue weighted by Crippen LogP contribution is 2.28. The maximum Gasteiger partial charge on any atom is 0.269 e. The van der Waals surface area contributed by atoms with Crippen LogP contribution >= 0.6 is 15.9 Å². The minimum atomic E-state index is -0.501. The van der Waals surface area contributed by atoms with Crippen molar-refractivity contribution in [1.29, 1.82) is 5.26 Å². The molecule has 0 unspecified atom stereocenters. The van der Waals surface area contributed by atoms with Crippen LogP contribution in [0.4, 0.5) is 11.4 Å². The number of nitrogens with one attached hydrogen (secondary N) is 1. The first-order valence-corrected chi connectivity index (χ1v) is 10.3. The molecule has 0 saturated carbocycles. The number of nitrogens with zero attached hydrogens (tertiary/aromatic N) is 2. The van der Waals surface area contributed by atoms with Crippen molar-refractivity contribution in [3.05, 3.63) is 104 Å². The summed E-state index contributed by atoms with van der Waals surface area (Å²) in [6.07, 6.45) is 1.48. The molecule has 0 atom stereocenters. The van der Waals surface area contributed by atoms with Gasteiger partial charge in [-0.2, -0.15) is 5.26 Å². The van der Waals surface area contributed by atoms with Crippen molar-refractivity contribution < 1.29 is 14.5 Å². The molecule has 1 N–H and O–H groups in total. The highest BCUT2D eigenvalue weighted by Gasteiger charge is 2.11. The molecule has 3 aromatic carbocycles. The Morgan fingerprint density at radius 3 is 2.59 bits per heavy atom. The number of benzene rings is 3. The second-order valence-corrected chi connectivity index (χ2v) is 7.75. The van der Waals surface area contributed by atoms with Gasteiger partial charge < -0.3 is 10.1 Å². The number of non-ortho nitro benzene ring substituents is 1. The molecule has 0 bridgehead atoms. The molecule has 0 aliphatic rings. The van der Waals surface area contributed by atoms with E-state index < -0.39 is 10.8 Å². The number of nitro benzene ring substituents is 1. The Balaban J connectivity index is 1.70. The maximum absolute atomic E-state index is 12.4. The second-order valence-electron chi connectivity index (χ2n) is 6.90. The van der Waals surface area contributed by atoms with E-state index in [2.05, 4.69) is 21.2 Å². The van der Waals surface area contributed by atoms with Gasteiger partial charge in [-0.15, -0.1) is 0 Å². The molecule has 1 amide bonds. The predicted molar refractivity (Wildman–Crippen MR) is 125 cm³/mol. The number of aryl methyl sites for hydroxylation is 1. The number of carbonyl (C=O) groups excluding carboxylic acids is 1. The van der Waals surface area contributed by atoms with Gasteiger partial charge in [0.25, 0.3) is 11.6 Å². The number of ether oxygens (including phenoxy) is 1. The third-order valence-corrected chi connectivity index (χ3v) is 5.08. The lowest BCUT2D eigenvalue weighted by Gasteiger charge is -2.09. The molecule has 0 radical (unpaired) electrons. The van der Waals surface area contributed by atoms with E-state index >= 15 is 0 Å². The Morgan fingerprint density at radius 1 is 1.19 bits per heavy atom. The average molecular weight is 492 g/mol. The number of hydrogen-bond acceptors (Lipinski definition) is 5. The molecule has 32 heavy (non-hydrogen) atoms. The third kappa shape index (κ3) is 6.03. The van der Waals surface area contributed by atoms with E-state index in [1.54, 1.807) is 42.5 Å². The normalized spacial score (nSPS) is 10.8. The van der Waals surface area contributed by atoms with Crippen LogP contribution in [0.5, 0.6) is 5.75 Å². The smallest absolute Gasteiger partial charge is 0.269 e. The van der Waals surface area contributed by atoms with Crippen LogP contribution in [-0.4, -0.2) is 10.8 Å². The molecule has 0 spiro atoms. The standard InChI is InChI=1S/C24H18BrN3O4/c1-16-5-8-20(9-6-16)27-24(29)19(14-26)11-17-7-10-23(22(25)13-17)32-15-18-3-2-4-21(12-18)28(30)31/h2-13H,15H2,1H3,(H,27,29)/b19-11+. The monoisotopic (exact) mass is 491 g/mol. The van der Waals surface area contributed by atoms with Gasteiger partial charge in [0.1, 0.15) is 24.0 Å². The SMILES string of the molecule is Cc1ccc(NC(=O)/C(C#N)=C/c2ccc(OCc3cccc([N+](=O)[O-])c3)c(Br)c2)cc1. The zero-order valence-electron chi connectivity index (χ0n) is 17.0. The number of rotatable bonds is 7. The summed E-state index contributed by atoms with van der Waals surface area (Å²) in [5.74, 6) is 0.0229. The third-order valence-electron chi connectivity index (χ3n) is 4.46. The average Bonchev–Trinajstić information content (AvgIpc) is 2.78. The first-order chi connectivity index (χ1) is 15.4. The summed E-state index contributed by atoms with van der Waals surface area (Å²) >= 11 is 3.42. The largest absolute Gasteiger partial charge is 0.488 e. The van der Waals surface area contributed by atoms with Crippen molar-refractivity contribution in [2.24, 2.45) is 0 Å². The summed E-state index contributed by atoms with van der Waals surface area (Å²) in [6.45, 7) is 2.10. The Bertz CT molecular complexity index is 1230. The molecule has 0 saturated heterocycles. The number of anilines is 1. The highest BCUT2D eigenvalue weighted by atomic mass is 79.9. The number of carbonyl (C=O) groups is 1. The van der Waals surface area contributed by atoms with Gasteiger partial charge in [-0.1, -0.05) is 35.9 Å². The maximum atomic E-state index is 12.4. The molecule has 160 valence electrons. The van der Waals surface area contributed by atoms with Gasteiger partial charge in [0.15, 0.2) is 0 Å². The molecular weight excluding hydrogens is 474 g/mol. The lowest BCUT2D eigenvalue weighted by atomic mass is 10.1. The second kappa shape index (κ2) is 10.4. The fraction of sp³-hybridized carbons (Fsp3) is 0.0833. The van der Waals surface area contributed by atoms with Crippen LogP contribution in [0.25, 0.3) is 6.08 Å². The molecular formula is C24H18BrN3O4. The van der Waals surface area contributed by atoms with Crippen LogP contribution < -0.4 is 10.1 Å². The topological polar surface area (TPSA) is 105 Å². The summed E-state index contributed by atoms with van der Waals surface area (Å²) in [5, 5.41) is 23.0. The van der Waals surface area contributed by atoms with Gasteiger partial charge in [0, 0.05) is 17.8 Å². The number of hydrogen-bond donors (Lipinski definition) is 1. The molecule has 3 aromatic rings. The van der Waals surface area contributed by atoms with Crippen LogP contribution in [0.2, 0.25) is 0 Å². The van der Waals surface area contributed by atoms with Gasteiger partial charge in [-0.05, 0) is 64.3 Å². The lowest BCUT2D eigenvalue weighted by molar-refractivity contribution is -0.384. The Kier molecular flexibility index (Phi) is 7.37. The van der Waals surface area contributed by atoms with Gasteiger partial charge in [0.05, 0.1) is 9.40 Å². The fourth-order valence-electron chi connectivity index (χ4n) is 2.80. The van der Waals surface area contributed by atoms with E-state index in [1.165, 1.54) is 18.2 Å². The molecule has 0 aromatic heterocycles. The van der Waals surface area contributed by atoms with Gasteiger partial charge >= 0.3 is 0 Å². The molecule has 3 rings (SSSR count). The van der Waals surface area contributed by atoms with Crippen LogP contribution in [0.1, 0.15) is 16.7 Å². The van der Waals surface area contributed by atoms with Gasteiger partial charge in [0.2, 0.25) is 0 Å². The Hall–Kier alpha value is -3.96. The molecule has 0 aliphatic heterocycles. The van der Waals surface area contributed by atoms with E-state index in [1.807, 2.05) is 25.1 Å². The van der Waals surface area contributed by atoms with E-state index in [4.69, 9.17) is 4.74 Å². The molecule has 8 heteroatoms. The number of nitriles is 1. The number of amides is 1. The van der Waals surface area contributed by atoms with Crippen molar-refractivity contribution in [3.63, 3.8) is 0 Å². The Morgan fingerprint density at radius 2 is 1.94 bits per heavy atom. The van der Waals surface area contributed by atoms with Crippen molar-refractivity contribution in [2.75, 3.05) is 5.32 Å². The highest BCUT2D eigenvalue weighted by molar-refractivity contribution is 9.10. The lowest BCUT2D eigenvalue weighted by Crippen LogP contribution is -2.13. The van der Waals surface area contributed by atoms with Crippen molar-refractivity contribution in [3.8, 4) is 11.8 Å². The van der Waals surface area contributed by atoms with E-state index in [9.17, 15) is 20.2 Å². The van der Waals surface area contributed by atoms with Crippen molar-refractivity contribution in [2.45, 2.75) is 13.5 Å². The first kappa shape index (κ1) is 22.7. The number of halogens is 1. The van der Waals surface area contributed by atoms with Crippen molar-refractivity contribution >= 4 is 39.3 Å². The molecule has 7 nitrogen and oxygen atoms in total. The van der Waals surface area contributed by atoms with Crippen LogP contribution in [0.15, 0.2) is 76.8 Å². The molecule has 0 fully saturated rings. The predicted octanol–water partition coefficient (Wildman–Crippen LogP) is 5.79. The fourth-order valence-corrected chi connectivity index (χ4v) is 3.31. The number of nitro groups is 1. The van der Waals surface area contributed by atoms with Crippen LogP contribution in [0, 0.1) is 28.4 Å². The van der Waals surface area contributed by atoms with Crippen LogP contribution in [0.3, 0.4) is 0 Å². The van der Waals surface area contributed by atoms with Gasteiger partial charge in [-0.25, -0.2) is 0 Å². The minimum absolute atomic E-state index is 0.00130. The van der Waals surface area contributed by atoms with Crippen molar-refractivity contribution in [1.82, 2.24) is 0 Å². The molecule has 0 aliphatic carbocycles. The summed E-state index contributed by atoms with van der Waals surface area (Å²) in [4.78, 5) is 22.9. The zero-order valence-corrected chi connectivity index (χ0v) is 18.6. The summed E-state index contributed by atoms with van der Waals surface area (Å²) in [5.41, 5.74) is 2.93. The zero-order chi connectivity index (χ0) is 23.1. The molecule has 0 heterocycles. The minimum Gasteiger partial charge on any atom is -0.488 e. The summed E-state index contributed by atoms with van der Waals surface area (Å²) in [7, 11) is 0.